The molecule has 8 heteroatoms. The highest BCUT2D eigenvalue weighted by atomic mass is 32.1. The predicted octanol–water partition coefficient (Wildman–Crippen LogP) is 2.76. The highest BCUT2D eigenvalue weighted by Crippen LogP contribution is 2.23. The standard InChI is InChI=1S/C16H16N4O3S/c1-8(2)15-19-20-16(24-15)18-14(22)10-7-17-12-9(13(10)21)5-4-6-11(12)23-3/h4-8H,1-3H3,(H,17,21)(H,18,20,22). The number of carbonyl (C=O) groups is 1. The molecule has 0 unspecified atom stereocenters. The van der Waals surface area contributed by atoms with Crippen LogP contribution in [0.3, 0.4) is 0 Å². The number of carbonyl (C=O) groups excluding carboxylic acids is 1. The molecule has 0 bridgehead atoms. The number of para-hydroxylation sites is 1. The third-order valence-electron chi connectivity index (χ3n) is 3.50. The van der Waals surface area contributed by atoms with Crippen LogP contribution in [0.5, 0.6) is 5.75 Å². The topological polar surface area (TPSA) is 97.0 Å². The number of ether oxygens (including phenoxy) is 1. The number of hydrogen-bond donors (Lipinski definition) is 2. The van der Waals surface area contributed by atoms with Gasteiger partial charge >= 0.3 is 0 Å². The number of rotatable bonds is 4. The van der Waals surface area contributed by atoms with E-state index >= 15 is 0 Å². The second-order valence-electron chi connectivity index (χ2n) is 5.47. The van der Waals surface area contributed by atoms with Gasteiger partial charge in [0.1, 0.15) is 16.3 Å². The Morgan fingerprint density at radius 3 is 2.79 bits per heavy atom. The highest BCUT2D eigenvalue weighted by molar-refractivity contribution is 7.15. The zero-order valence-corrected chi connectivity index (χ0v) is 14.2. The van der Waals surface area contributed by atoms with Crippen molar-refractivity contribution in [2.45, 2.75) is 19.8 Å². The van der Waals surface area contributed by atoms with Crippen molar-refractivity contribution in [2.75, 3.05) is 12.4 Å². The minimum atomic E-state index is -0.521. The maximum Gasteiger partial charge on any atom is 0.262 e. The van der Waals surface area contributed by atoms with Crippen LogP contribution in [0.4, 0.5) is 5.13 Å². The van der Waals surface area contributed by atoms with Gasteiger partial charge in [0.15, 0.2) is 0 Å². The largest absolute Gasteiger partial charge is 0.495 e. The molecule has 0 aliphatic carbocycles. The fourth-order valence-electron chi connectivity index (χ4n) is 2.25. The lowest BCUT2D eigenvalue weighted by atomic mass is 10.1. The van der Waals surface area contributed by atoms with Crippen LogP contribution < -0.4 is 15.5 Å². The van der Waals surface area contributed by atoms with Crippen LogP contribution in [-0.2, 0) is 0 Å². The lowest BCUT2D eigenvalue weighted by molar-refractivity contribution is 0.102. The molecule has 0 aliphatic heterocycles. The number of anilines is 1. The SMILES string of the molecule is COc1cccc2c(=O)c(C(=O)Nc3nnc(C(C)C)s3)c[nH]c12. The summed E-state index contributed by atoms with van der Waals surface area (Å²) in [5, 5.41) is 12.1. The minimum absolute atomic E-state index is 0.0112. The van der Waals surface area contributed by atoms with Crippen LogP contribution in [0.25, 0.3) is 10.9 Å². The minimum Gasteiger partial charge on any atom is -0.495 e. The molecular weight excluding hydrogens is 328 g/mol. The fraction of sp³-hybridized carbons (Fsp3) is 0.250. The Bertz CT molecular complexity index is 961. The van der Waals surface area contributed by atoms with Crippen LogP contribution >= 0.6 is 11.3 Å². The number of amides is 1. The molecule has 0 aliphatic rings. The van der Waals surface area contributed by atoms with Crippen molar-refractivity contribution < 1.29 is 9.53 Å². The monoisotopic (exact) mass is 344 g/mol. The second-order valence-corrected chi connectivity index (χ2v) is 6.48. The molecule has 3 rings (SSSR count). The van der Waals surface area contributed by atoms with Crippen molar-refractivity contribution in [3.05, 3.63) is 45.2 Å². The summed E-state index contributed by atoms with van der Waals surface area (Å²) in [6.45, 7) is 3.99. The van der Waals surface area contributed by atoms with Gasteiger partial charge in [0.2, 0.25) is 10.6 Å². The first-order valence-electron chi connectivity index (χ1n) is 7.34. The van der Waals surface area contributed by atoms with E-state index < -0.39 is 5.91 Å². The molecule has 0 fully saturated rings. The molecular formula is C16H16N4O3S. The number of benzene rings is 1. The number of nitrogens with one attached hydrogen (secondary N) is 2. The summed E-state index contributed by atoms with van der Waals surface area (Å²) in [5.74, 6) is 0.249. The predicted molar refractivity (Wildman–Crippen MR) is 93.1 cm³/mol. The van der Waals surface area contributed by atoms with Gasteiger partial charge in [-0.15, -0.1) is 10.2 Å². The smallest absolute Gasteiger partial charge is 0.262 e. The van der Waals surface area contributed by atoms with Crippen molar-refractivity contribution in [3.63, 3.8) is 0 Å². The molecule has 2 heterocycles. The Morgan fingerprint density at radius 1 is 1.33 bits per heavy atom. The lowest BCUT2D eigenvalue weighted by Crippen LogP contribution is -2.22. The van der Waals surface area contributed by atoms with Crippen LogP contribution in [0.1, 0.15) is 35.1 Å². The van der Waals surface area contributed by atoms with Crippen LogP contribution in [-0.4, -0.2) is 28.2 Å². The van der Waals surface area contributed by atoms with E-state index in [2.05, 4.69) is 20.5 Å². The van der Waals surface area contributed by atoms with Crippen LogP contribution in [0.2, 0.25) is 0 Å². The summed E-state index contributed by atoms with van der Waals surface area (Å²) in [6, 6.07) is 5.10. The molecule has 0 radical (unpaired) electrons. The maximum atomic E-state index is 12.6. The number of methoxy groups -OCH3 is 1. The Balaban J connectivity index is 1.95. The quantitative estimate of drug-likeness (QED) is 0.758. The Morgan fingerprint density at radius 2 is 2.12 bits per heavy atom. The number of nitrogens with zero attached hydrogens (tertiary/aromatic N) is 2. The molecule has 0 spiro atoms. The summed E-state index contributed by atoms with van der Waals surface area (Å²) in [6.07, 6.45) is 1.38. The number of aromatic nitrogens is 3. The van der Waals surface area contributed by atoms with E-state index in [1.807, 2.05) is 13.8 Å². The van der Waals surface area contributed by atoms with Gasteiger partial charge in [-0.2, -0.15) is 0 Å². The zero-order chi connectivity index (χ0) is 17.3. The molecule has 0 saturated heterocycles. The van der Waals surface area contributed by atoms with Crippen molar-refractivity contribution in [1.82, 2.24) is 15.2 Å². The number of pyridine rings is 1. The van der Waals surface area contributed by atoms with Crippen molar-refractivity contribution in [1.29, 1.82) is 0 Å². The number of aromatic amines is 1. The first-order chi connectivity index (χ1) is 11.5. The highest BCUT2D eigenvalue weighted by Gasteiger charge is 2.17. The van der Waals surface area contributed by atoms with Crippen molar-refractivity contribution in [2.24, 2.45) is 0 Å². The molecule has 3 aromatic rings. The normalized spacial score (nSPS) is 11.0. The first-order valence-corrected chi connectivity index (χ1v) is 8.16. The third-order valence-corrected chi connectivity index (χ3v) is 4.64. The molecule has 7 nitrogen and oxygen atoms in total. The van der Waals surface area contributed by atoms with Gasteiger partial charge in [-0.05, 0) is 12.1 Å². The van der Waals surface area contributed by atoms with Gasteiger partial charge in [0, 0.05) is 12.1 Å². The van der Waals surface area contributed by atoms with E-state index in [-0.39, 0.29) is 16.9 Å². The summed E-state index contributed by atoms with van der Waals surface area (Å²) in [5.41, 5.74) is 0.199. The number of H-pyrrole nitrogens is 1. The van der Waals surface area contributed by atoms with E-state index in [1.54, 1.807) is 18.2 Å². The van der Waals surface area contributed by atoms with Gasteiger partial charge < -0.3 is 9.72 Å². The van der Waals surface area contributed by atoms with E-state index in [9.17, 15) is 9.59 Å². The fourth-order valence-corrected chi connectivity index (χ4v) is 2.99. The van der Waals surface area contributed by atoms with Gasteiger partial charge in [0.25, 0.3) is 5.91 Å². The lowest BCUT2D eigenvalue weighted by Gasteiger charge is -2.06. The summed E-state index contributed by atoms with van der Waals surface area (Å²) in [4.78, 5) is 27.9. The Labute approximate surface area is 141 Å². The first kappa shape index (κ1) is 16.1. The van der Waals surface area contributed by atoms with E-state index in [0.29, 0.717) is 21.8 Å². The third kappa shape index (κ3) is 2.88. The van der Waals surface area contributed by atoms with Gasteiger partial charge in [0.05, 0.1) is 18.0 Å². The van der Waals surface area contributed by atoms with E-state index in [1.165, 1.54) is 24.6 Å². The molecule has 0 saturated carbocycles. The van der Waals surface area contributed by atoms with Crippen LogP contribution in [0.15, 0.2) is 29.2 Å². The molecule has 24 heavy (non-hydrogen) atoms. The van der Waals surface area contributed by atoms with Crippen molar-refractivity contribution in [3.8, 4) is 5.75 Å². The van der Waals surface area contributed by atoms with Crippen LogP contribution in [0, 0.1) is 0 Å². The summed E-state index contributed by atoms with van der Waals surface area (Å²) < 4.78 is 5.22. The van der Waals surface area contributed by atoms with Crippen molar-refractivity contribution >= 4 is 33.3 Å². The molecule has 1 aromatic carbocycles. The summed E-state index contributed by atoms with van der Waals surface area (Å²) in [7, 11) is 1.52. The molecule has 1 amide bonds. The average molecular weight is 344 g/mol. The average Bonchev–Trinajstić information content (AvgIpc) is 3.03. The molecule has 2 N–H and O–H groups in total. The van der Waals surface area contributed by atoms with Gasteiger partial charge in [-0.3, -0.25) is 14.9 Å². The summed E-state index contributed by atoms with van der Waals surface area (Å²) >= 11 is 1.29. The molecule has 0 atom stereocenters. The number of fused-ring (bicyclic) bond motifs is 1. The Kier molecular flexibility index (Phi) is 4.30. The maximum absolute atomic E-state index is 12.6. The van der Waals surface area contributed by atoms with E-state index in [0.717, 1.165) is 5.01 Å². The van der Waals surface area contributed by atoms with E-state index in [4.69, 9.17) is 4.74 Å². The van der Waals surface area contributed by atoms with Gasteiger partial charge in [-0.1, -0.05) is 31.3 Å². The zero-order valence-electron chi connectivity index (χ0n) is 13.4. The second kappa shape index (κ2) is 6.40. The number of hydrogen-bond acceptors (Lipinski definition) is 6. The Hall–Kier alpha value is -2.74. The van der Waals surface area contributed by atoms with Gasteiger partial charge in [-0.25, -0.2) is 0 Å². The molecule has 2 aromatic heterocycles. The molecule has 124 valence electrons.